The molecule has 0 bridgehead atoms. The van der Waals surface area contributed by atoms with Gasteiger partial charge in [0.15, 0.2) is 5.76 Å². The van der Waals surface area contributed by atoms with E-state index in [1.165, 1.54) is 18.4 Å². The number of rotatable bonds is 7. The van der Waals surface area contributed by atoms with Crippen LogP contribution in [-0.4, -0.2) is 65.3 Å². The van der Waals surface area contributed by atoms with Gasteiger partial charge in [-0.25, -0.2) is 9.07 Å². The Morgan fingerprint density at radius 3 is 2.62 bits per heavy atom. The normalized spacial score (nSPS) is 14.7. The molecule has 0 N–H and O–H groups in total. The van der Waals surface area contributed by atoms with E-state index in [1.54, 1.807) is 23.1 Å². The van der Waals surface area contributed by atoms with E-state index in [9.17, 15) is 9.18 Å². The predicted molar refractivity (Wildman–Crippen MR) is 122 cm³/mol. The van der Waals surface area contributed by atoms with Gasteiger partial charge < -0.3 is 19.1 Å². The molecule has 32 heavy (non-hydrogen) atoms. The van der Waals surface area contributed by atoms with Crippen molar-refractivity contribution in [3.05, 3.63) is 65.5 Å². The maximum absolute atomic E-state index is 14.0. The molecule has 1 aliphatic heterocycles. The van der Waals surface area contributed by atoms with Crippen molar-refractivity contribution in [2.24, 2.45) is 0 Å². The number of nitrogens with zero attached hydrogens (tertiary/aromatic N) is 5. The van der Waals surface area contributed by atoms with Crippen LogP contribution in [0.4, 0.5) is 10.2 Å². The molecule has 1 aliphatic rings. The summed E-state index contributed by atoms with van der Waals surface area (Å²) in [6, 6.07) is 9.89. The van der Waals surface area contributed by atoms with Gasteiger partial charge in [-0.3, -0.25) is 4.79 Å². The number of anilines is 1. The highest BCUT2D eigenvalue weighted by molar-refractivity contribution is 5.91. The van der Waals surface area contributed by atoms with Gasteiger partial charge in [0.05, 0.1) is 24.2 Å². The fourth-order valence-corrected chi connectivity index (χ4v) is 4.13. The molecule has 2 aromatic heterocycles. The van der Waals surface area contributed by atoms with Crippen molar-refractivity contribution < 1.29 is 13.6 Å². The number of likely N-dealkylation sites (N-methyl/N-ethyl adjacent to an activating group) is 1. The molecule has 0 spiro atoms. The molecular formula is C24H30FN5O2. The van der Waals surface area contributed by atoms with E-state index in [0.29, 0.717) is 24.5 Å². The van der Waals surface area contributed by atoms with E-state index in [0.717, 1.165) is 49.7 Å². The van der Waals surface area contributed by atoms with E-state index < -0.39 is 0 Å². The molecule has 7 nitrogen and oxygen atoms in total. The van der Waals surface area contributed by atoms with Crippen molar-refractivity contribution in [2.75, 3.05) is 44.7 Å². The number of aromatic nitrogens is 2. The van der Waals surface area contributed by atoms with Crippen molar-refractivity contribution in [1.82, 2.24) is 19.6 Å². The molecule has 1 aromatic carbocycles. The minimum Gasteiger partial charge on any atom is -0.459 e. The van der Waals surface area contributed by atoms with Crippen LogP contribution in [0.5, 0.6) is 0 Å². The van der Waals surface area contributed by atoms with Crippen molar-refractivity contribution in [3.8, 4) is 5.69 Å². The molecule has 8 heteroatoms. The van der Waals surface area contributed by atoms with E-state index in [-0.39, 0.29) is 11.7 Å². The van der Waals surface area contributed by atoms with Gasteiger partial charge >= 0.3 is 0 Å². The van der Waals surface area contributed by atoms with E-state index in [2.05, 4.69) is 16.8 Å². The Morgan fingerprint density at radius 1 is 1.19 bits per heavy atom. The highest BCUT2D eigenvalue weighted by Crippen LogP contribution is 2.30. The third-order valence-corrected chi connectivity index (χ3v) is 5.87. The Kier molecular flexibility index (Phi) is 6.60. The third-order valence-electron chi connectivity index (χ3n) is 5.87. The first-order valence-corrected chi connectivity index (χ1v) is 11.1. The quantitative estimate of drug-likeness (QED) is 0.562. The number of carbonyl (C=O) groups excluding carboxylic acids is 1. The summed E-state index contributed by atoms with van der Waals surface area (Å²) in [5.41, 5.74) is 2.48. The van der Waals surface area contributed by atoms with Crippen molar-refractivity contribution in [1.29, 1.82) is 0 Å². The summed E-state index contributed by atoms with van der Waals surface area (Å²) in [6.07, 6.45) is 2.34. The first-order chi connectivity index (χ1) is 15.5. The number of hydrogen-bond acceptors (Lipinski definition) is 5. The van der Waals surface area contributed by atoms with Gasteiger partial charge in [0.2, 0.25) is 0 Å². The third kappa shape index (κ3) is 4.55. The lowest BCUT2D eigenvalue weighted by molar-refractivity contribution is 0.0711. The molecule has 3 aromatic rings. The molecule has 1 amide bonds. The zero-order chi connectivity index (χ0) is 22.7. The molecule has 4 rings (SSSR count). The van der Waals surface area contributed by atoms with E-state index >= 15 is 0 Å². The minimum absolute atomic E-state index is 0.140. The lowest BCUT2D eigenvalue weighted by Crippen LogP contribution is -2.45. The molecule has 1 fully saturated rings. The lowest BCUT2D eigenvalue weighted by Gasteiger charge is -2.35. The minimum atomic E-state index is -0.304. The molecule has 0 radical (unpaired) electrons. The highest BCUT2D eigenvalue weighted by atomic mass is 19.1. The van der Waals surface area contributed by atoms with Crippen LogP contribution in [0.25, 0.3) is 5.69 Å². The Bertz CT molecular complexity index is 1050. The lowest BCUT2D eigenvalue weighted by atomic mass is 10.1. The molecule has 0 saturated carbocycles. The monoisotopic (exact) mass is 439 g/mol. The maximum atomic E-state index is 14.0. The largest absolute Gasteiger partial charge is 0.459 e. The van der Waals surface area contributed by atoms with E-state index in [4.69, 9.17) is 9.52 Å². The van der Waals surface area contributed by atoms with Crippen molar-refractivity contribution >= 4 is 11.7 Å². The number of hydrogen-bond donors (Lipinski definition) is 0. The Balaban J connectivity index is 1.75. The first-order valence-electron chi connectivity index (χ1n) is 11.1. The average Bonchev–Trinajstić information content (AvgIpc) is 3.42. The predicted octanol–water partition coefficient (Wildman–Crippen LogP) is 3.72. The van der Waals surface area contributed by atoms with Gasteiger partial charge in [-0.1, -0.05) is 13.0 Å². The summed E-state index contributed by atoms with van der Waals surface area (Å²) in [5.74, 6) is 0.811. The average molecular weight is 440 g/mol. The van der Waals surface area contributed by atoms with Gasteiger partial charge in [0.1, 0.15) is 11.6 Å². The van der Waals surface area contributed by atoms with Gasteiger partial charge in [-0.05, 0) is 50.7 Å². The summed E-state index contributed by atoms with van der Waals surface area (Å²) < 4.78 is 21.2. The first kappa shape index (κ1) is 22.1. The van der Waals surface area contributed by atoms with Crippen LogP contribution in [0.3, 0.4) is 0 Å². The molecule has 0 aliphatic carbocycles. The van der Waals surface area contributed by atoms with Crippen LogP contribution in [0.1, 0.15) is 35.2 Å². The standard InChI is InChI=1S/C24H30FN5O2/c1-4-10-29(24(31)22-9-6-15-32-22)17-21-18(2)26-30(20-8-5-7-19(25)16-20)23(21)28-13-11-27(3)12-14-28/h5-9,15-16H,4,10-14,17H2,1-3H3. The number of amides is 1. The summed E-state index contributed by atoms with van der Waals surface area (Å²) in [6.45, 7) is 8.54. The number of benzene rings is 1. The topological polar surface area (TPSA) is 57.8 Å². The SMILES string of the molecule is CCCN(Cc1c(C)nn(-c2cccc(F)c2)c1N1CCN(C)CC1)C(=O)c1ccco1. The zero-order valence-electron chi connectivity index (χ0n) is 18.9. The number of piperazine rings is 1. The Morgan fingerprint density at radius 2 is 1.97 bits per heavy atom. The Labute approximate surface area is 188 Å². The maximum Gasteiger partial charge on any atom is 0.289 e. The number of halogens is 1. The van der Waals surface area contributed by atoms with Gasteiger partial charge in [-0.2, -0.15) is 5.10 Å². The van der Waals surface area contributed by atoms with Crippen LogP contribution >= 0.6 is 0 Å². The smallest absolute Gasteiger partial charge is 0.289 e. The van der Waals surface area contributed by atoms with Gasteiger partial charge in [0, 0.05) is 38.3 Å². The second-order valence-electron chi connectivity index (χ2n) is 8.27. The zero-order valence-corrected chi connectivity index (χ0v) is 18.9. The van der Waals surface area contributed by atoms with Crippen molar-refractivity contribution in [3.63, 3.8) is 0 Å². The summed E-state index contributed by atoms with van der Waals surface area (Å²) in [4.78, 5) is 19.5. The number of aryl methyl sites for hydroxylation is 1. The van der Waals surface area contributed by atoms with Crippen LogP contribution < -0.4 is 4.90 Å². The molecule has 0 atom stereocenters. The molecule has 0 unspecified atom stereocenters. The highest BCUT2D eigenvalue weighted by Gasteiger charge is 2.28. The second-order valence-corrected chi connectivity index (χ2v) is 8.27. The summed E-state index contributed by atoms with van der Waals surface area (Å²) in [5, 5.41) is 4.78. The molecular weight excluding hydrogens is 409 g/mol. The fourth-order valence-electron chi connectivity index (χ4n) is 4.13. The summed E-state index contributed by atoms with van der Waals surface area (Å²) >= 11 is 0. The van der Waals surface area contributed by atoms with Crippen LogP contribution in [-0.2, 0) is 6.54 Å². The van der Waals surface area contributed by atoms with Crippen LogP contribution in [0.15, 0.2) is 47.1 Å². The number of furan rings is 1. The number of carbonyl (C=O) groups is 1. The molecule has 170 valence electrons. The van der Waals surface area contributed by atoms with Gasteiger partial charge in [0.25, 0.3) is 5.91 Å². The van der Waals surface area contributed by atoms with Gasteiger partial charge in [-0.15, -0.1) is 0 Å². The Hall–Kier alpha value is -3.13. The molecule has 3 heterocycles. The molecule has 1 saturated heterocycles. The fraction of sp³-hybridized carbons (Fsp3) is 0.417. The van der Waals surface area contributed by atoms with E-state index in [1.807, 2.05) is 24.6 Å². The summed E-state index contributed by atoms with van der Waals surface area (Å²) in [7, 11) is 2.11. The second kappa shape index (κ2) is 9.56. The van der Waals surface area contributed by atoms with Crippen molar-refractivity contribution in [2.45, 2.75) is 26.8 Å². The van der Waals surface area contributed by atoms with Crippen LogP contribution in [0, 0.1) is 12.7 Å². The van der Waals surface area contributed by atoms with Crippen LogP contribution in [0.2, 0.25) is 0 Å².